The Bertz CT molecular complexity index is 700. The van der Waals surface area contributed by atoms with Crippen LogP contribution in [0.1, 0.15) is 17.5 Å². The second-order valence-electron chi connectivity index (χ2n) is 6.33. The molecule has 2 aromatic carbocycles. The third-order valence-corrected chi connectivity index (χ3v) is 4.39. The van der Waals surface area contributed by atoms with Crippen molar-refractivity contribution in [2.75, 3.05) is 7.05 Å². The fraction of sp³-hybridized carbons (Fsp3) is 0.300. The van der Waals surface area contributed by atoms with Gasteiger partial charge in [0.05, 0.1) is 11.8 Å². The van der Waals surface area contributed by atoms with Gasteiger partial charge < -0.3 is 10.2 Å². The molecule has 1 saturated carbocycles. The molecule has 0 bridgehead atoms. The number of benzene rings is 2. The molecule has 0 radical (unpaired) electrons. The van der Waals surface area contributed by atoms with Gasteiger partial charge in [0, 0.05) is 20.1 Å². The van der Waals surface area contributed by atoms with Gasteiger partial charge in [-0.3, -0.25) is 9.59 Å². The van der Waals surface area contributed by atoms with Gasteiger partial charge in [0.2, 0.25) is 11.8 Å². The quantitative estimate of drug-likeness (QED) is 0.889. The molecular weight excluding hydrogens is 300 g/mol. The van der Waals surface area contributed by atoms with Crippen LogP contribution in [0.5, 0.6) is 0 Å². The van der Waals surface area contributed by atoms with E-state index in [2.05, 4.69) is 5.32 Å². The first-order valence-electron chi connectivity index (χ1n) is 8.25. The summed E-state index contributed by atoms with van der Waals surface area (Å²) in [5, 5.41) is 2.92. The standard InChI is InChI=1S/C20H22N2O2/c1-22(14-16-10-6-3-7-11-16)20(24)18-12-17(18)19(23)21-13-15-8-4-2-5-9-15/h2-11,17-18H,12-14H2,1H3,(H,21,23). The average Bonchev–Trinajstić information content (AvgIpc) is 3.41. The maximum Gasteiger partial charge on any atom is 0.226 e. The molecule has 0 saturated heterocycles. The first-order chi connectivity index (χ1) is 11.6. The summed E-state index contributed by atoms with van der Waals surface area (Å²) in [6.45, 7) is 1.09. The van der Waals surface area contributed by atoms with Crippen molar-refractivity contribution < 1.29 is 9.59 Å². The van der Waals surface area contributed by atoms with Crippen molar-refractivity contribution >= 4 is 11.8 Å². The maximum atomic E-state index is 12.4. The molecule has 2 atom stereocenters. The minimum Gasteiger partial charge on any atom is -0.352 e. The van der Waals surface area contributed by atoms with Crippen LogP contribution < -0.4 is 5.32 Å². The van der Waals surface area contributed by atoms with Crippen LogP contribution in [0, 0.1) is 11.8 Å². The largest absolute Gasteiger partial charge is 0.352 e. The van der Waals surface area contributed by atoms with Gasteiger partial charge in [-0.1, -0.05) is 60.7 Å². The van der Waals surface area contributed by atoms with Crippen molar-refractivity contribution in [1.29, 1.82) is 0 Å². The molecule has 124 valence electrons. The van der Waals surface area contributed by atoms with Crippen molar-refractivity contribution in [3.63, 3.8) is 0 Å². The summed E-state index contributed by atoms with van der Waals surface area (Å²) >= 11 is 0. The van der Waals surface area contributed by atoms with Gasteiger partial charge in [-0.2, -0.15) is 0 Å². The van der Waals surface area contributed by atoms with Gasteiger partial charge in [0.15, 0.2) is 0 Å². The van der Waals surface area contributed by atoms with E-state index in [0.29, 0.717) is 19.5 Å². The zero-order chi connectivity index (χ0) is 16.9. The van der Waals surface area contributed by atoms with E-state index >= 15 is 0 Å². The predicted octanol–water partition coefficient (Wildman–Crippen LogP) is 2.60. The second-order valence-corrected chi connectivity index (χ2v) is 6.33. The number of hydrogen-bond donors (Lipinski definition) is 1. The maximum absolute atomic E-state index is 12.4. The summed E-state index contributed by atoms with van der Waals surface area (Å²) in [6.07, 6.45) is 0.651. The highest BCUT2D eigenvalue weighted by Gasteiger charge is 2.48. The van der Waals surface area contributed by atoms with E-state index in [-0.39, 0.29) is 23.7 Å². The second kappa shape index (κ2) is 7.30. The van der Waals surface area contributed by atoms with Crippen LogP contribution in [0.3, 0.4) is 0 Å². The third-order valence-electron chi connectivity index (χ3n) is 4.39. The molecule has 2 amide bonds. The summed E-state index contributed by atoms with van der Waals surface area (Å²) in [4.78, 5) is 26.4. The zero-order valence-corrected chi connectivity index (χ0v) is 13.8. The monoisotopic (exact) mass is 322 g/mol. The van der Waals surface area contributed by atoms with Gasteiger partial charge >= 0.3 is 0 Å². The van der Waals surface area contributed by atoms with Gasteiger partial charge in [0.25, 0.3) is 0 Å². The van der Waals surface area contributed by atoms with E-state index in [1.807, 2.05) is 60.7 Å². The van der Waals surface area contributed by atoms with E-state index in [1.54, 1.807) is 11.9 Å². The van der Waals surface area contributed by atoms with Crippen molar-refractivity contribution in [3.05, 3.63) is 71.8 Å². The lowest BCUT2D eigenvalue weighted by molar-refractivity contribution is -0.134. The number of hydrogen-bond acceptors (Lipinski definition) is 2. The Balaban J connectivity index is 1.47. The number of amides is 2. The number of nitrogens with zero attached hydrogens (tertiary/aromatic N) is 1. The molecule has 1 fully saturated rings. The molecule has 4 heteroatoms. The van der Waals surface area contributed by atoms with Crippen molar-refractivity contribution in [2.45, 2.75) is 19.5 Å². The molecule has 0 heterocycles. The number of carbonyl (C=O) groups is 2. The lowest BCUT2D eigenvalue weighted by atomic mass is 10.2. The Hall–Kier alpha value is -2.62. The van der Waals surface area contributed by atoms with Gasteiger partial charge in [-0.15, -0.1) is 0 Å². The van der Waals surface area contributed by atoms with Gasteiger partial charge in [-0.25, -0.2) is 0 Å². The molecule has 4 nitrogen and oxygen atoms in total. The molecule has 2 aromatic rings. The summed E-state index contributed by atoms with van der Waals surface area (Å²) in [5.74, 6) is -0.321. The fourth-order valence-corrected chi connectivity index (χ4v) is 2.89. The molecule has 0 spiro atoms. The van der Waals surface area contributed by atoms with Crippen molar-refractivity contribution in [3.8, 4) is 0 Å². The fourth-order valence-electron chi connectivity index (χ4n) is 2.89. The van der Waals surface area contributed by atoms with Crippen LogP contribution in [0.2, 0.25) is 0 Å². The normalized spacial score (nSPS) is 18.7. The Kier molecular flexibility index (Phi) is 4.94. The number of rotatable bonds is 6. The molecule has 2 unspecified atom stereocenters. The number of nitrogens with one attached hydrogen (secondary N) is 1. The highest BCUT2D eigenvalue weighted by atomic mass is 16.2. The van der Waals surface area contributed by atoms with E-state index < -0.39 is 0 Å². The molecule has 3 rings (SSSR count). The molecule has 0 aromatic heterocycles. The lowest BCUT2D eigenvalue weighted by Gasteiger charge is -2.17. The summed E-state index contributed by atoms with van der Waals surface area (Å²) < 4.78 is 0. The van der Waals surface area contributed by atoms with Gasteiger partial charge in [0.1, 0.15) is 0 Å². The average molecular weight is 322 g/mol. The SMILES string of the molecule is CN(Cc1ccccc1)C(=O)C1CC1C(=O)NCc1ccccc1. The highest BCUT2D eigenvalue weighted by molar-refractivity contribution is 5.92. The van der Waals surface area contributed by atoms with Crippen LogP contribution in [0.25, 0.3) is 0 Å². The first kappa shape index (κ1) is 16.2. The van der Waals surface area contributed by atoms with Crippen LogP contribution in [-0.2, 0) is 22.7 Å². The summed E-state index contributed by atoms with van der Waals surface area (Å²) in [5.41, 5.74) is 2.16. The smallest absolute Gasteiger partial charge is 0.226 e. The minimum absolute atomic E-state index is 0.0229. The number of carbonyl (C=O) groups excluding carboxylic acids is 2. The highest BCUT2D eigenvalue weighted by Crippen LogP contribution is 2.40. The van der Waals surface area contributed by atoms with Crippen LogP contribution in [-0.4, -0.2) is 23.8 Å². The summed E-state index contributed by atoms with van der Waals surface area (Å²) in [6, 6.07) is 19.7. The molecule has 24 heavy (non-hydrogen) atoms. The van der Waals surface area contributed by atoms with Crippen LogP contribution in [0.4, 0.5) is 0 Å². The Labute approximate surface area is 142 Å². The first-order valence-corrected chi connectivity index (χ1v) is 8.25. The molecule has 1 N–H and O–H groups in total. The summed E-state index contributed by atoms with van der Waals surface area (Å²) in [7, 11) is 1.80. The van der Waals surface area contributed by atoms with Crippen molar-refractivity contribution in [1.82, 2.24) is 10.2 Å². The molecular formula is C20H22N2O2. The molecule has 1 aliphatic rings. The Morgan fingerprint density at radius 1 is 0.958 bits per heavy atom. The van der Waals surface area contributed by atoms with E-state index in [9.17, 15) is 9.59 Å². The topological polar surface area (TPSA) is 49.4 Å². The minimum atomic E-state index is -0.181. The van der Waals surface area contributed by atoms with Crippen LogP contribution in [0.15, 0.2) is 60.7 Å². The van der Waals surface area contributed by atoms with Gasteiger partial charge in [-0.05, 0) is 17.5 Å². The van der Waals surface area contributed by atoms with E-state index in [1.165, 1.54) is 0 Å². The molecule has 1 aliphatic carbocycles. The Morgan fingerprint density at radius 3 is 2.17 bits per heavy atom. The van der Waals surface area contributed by atoms with E-state index in [4.69, 9.17) is 0 Å². The van der Waals surface area contributed by atoms with Crippen LogP contribution >= 0.6 is 0 Å². The lowest BCUT2D eigenvalue weighted by Crippen LogP contribution is -2.31. The third kappa shape index (κ3) is 4.02. The zero-order valence-electron chi connectivity index (χ0n) is 13.8. The van der Waals surface area contributed by atoms with Crippen molar-refractivity contribution in [2.24, 2.45) is 11.8 Å². The Morgan fingerprint density at radius 2 is 1.54 bits per heavy atom. The predicted molar refractivity (Wildman–Crippen MR) is 92.8 cm³/mol. The molecule has 0 aliphatic heterocycles. The van der Waals surface area contributed by atoms with E-state index in [0.717, 1.165) is 11.1 Å².